The van der Waals surface area contributed by atoms with Crippen molar-refractivity contribution in [2.45, 2.75) is 11.8 Å². The quantitative estimate of drug-likeness (QED) is 0.710. The third-order valence-electron chi connectivity index (χ3n) is 1.19. The molecule has 10 heavy (non-hydrogen) atoms. The number of pyridine rings is 1. The van der Waals surface area contributed by atoms with Crippen LogP contribution in [0.5, 0.6) is 0 Å². The third-order valence-corrected chi connectivity index (χ3v) is 2.15. The van der Waals surface area contributed by atoms with E-state index >= 15 is 0 Å². The van der Waals surface area contributed by atoms with Gasteiger partial charge in [0.25, 0.3) is 0 Å². The maximum absolute atomic E-state index is 4.03. The molecule has 1 rings (SSSR count). The molecule has 0 aliphatic carbocycles. The number of rotatable bonds is 1. The molecule has 0 amide bonds. The minimum atomic E-state index is 0.373. The summed E-state index contributed by atoms with van der Waals surface area (Å²) in [4.78, 5) is 4.40. The highest BCUT2D eigenvalue weighted by atomic mass is 79.9. The molecule has 0 saturated heterocycles. The van der Waals surface area contributed by atoms with Crippen LogP contribution in [-0.4, -0.2) is 4.98 Å². The zero-order valence-electron chi connectivity index (χ0n) is 5.51. The van der Waals surface area contributed by atoms with E-state index in [1.165, 1.54) is 5.56 Å². The summed E-state index contributed by atoms with van der Waals surface area (Å²) in [6, 6.07) is 2.05. The lowest BCUT2D eigenvalue weighted by atomic mass is 10.2. The fraction of sp³-hybridized carbons (Fsp3) is 0.286. The molecule has 0 bridgehead atoms. The van der Waals surface area contributed by atoms with Crippen molar-refractivity contribution in [1.82, 2.24) is 4.98 Å². The van der Waals surface area contributed by atoms with Gasteiger partial charge in [0, 0.05) is 21.7 Å². The summed E-state index contributed by atoms with van der Waals surface area (Å²) in [6.07, 6.45) is 3.63. The Kier molecular flexibility index (Phi) is 2.86. The van der Waals surface area contributed by atoms with Crippen LogP contribution in [0.25, 0.3) is 0 Å². The summed E-state index contributed by atoms with van der Waals surface area (Å²) < 4.78 is 1.02. The van der Waals surface area contributed by atoms with Crippen molar-refractivity contribution >= 4 is 31.9 Å². The third kappa shape index (κ3) is 2.06. The monoisotopic (exact) mass is 263 g/mol. The van der Waals surface area contributed by atoms with Crippen LogP contribution in [0.15, 0.2) is 22.9 Å². The van der Waals surface area contributed by atoms with Gasteiger partial charge in [0.1, 0.15) is 0 Å². The second-order valence-electron chi connectivity index (χ2n) is 2.05. The van der Waals surface area contributed by atoms with Crippen molar-refractivity contribution in [2.24, 2.45) is 0 Å². The lowest BCUT2D eigenvalue weighted by molar-refractivity contribution is 1.08. The average Bonchev–Trinajstić information content (AvgIpc) is 1.88. The van der Waals surface area contributed by atoms with Gasteiger partial charge in [0.05, 0.1) is 0 Å². The highest BCUT2D eigenvalue weighted by molar-refractivity contribution is 9.10. The van der Waals surface area contributed by atoms with Gasteiger partial charge >= 0.3 is 0 Å². The fourth-order valence-corrected chi connectivity index (χ4v) is 1.28. The van der Waals surface area contributed by atoms with E-state index in [0.29, 0.717) is 4.83 Å². The van der Waals surface area contributed by atoms with Gasteiger partial charge in [-0.05, 0) is 34.5 Å². The van der Waals surface area contributed by atoms with Gasteiger partial charge in [-0.15, -0.1) is 0 Å². The van der Waals surface area contributed by atoms with Crippen LogP contribution in [0.4, 0.5) is 0 Å². The predicted octanol–water partition coefficient (Wildman–Crippen LogP) is 3.30. The van der Waals surface area contributed by atoms with E-state index < -0.39 is 0 Å². The average molecular weight is 265 g/mol. The standard InChI is InChI=1S/C7H7Br2N/c1-5(8)6-2-7(9)4-10-3-6/h2-5H,1H3/t5-/m1/s1. The molecule has 1 aromatic rings. The Hall–Kier alpha value is 0.110. The van der Waals surface area contributed by atoms with Crippen molar-refractivity contribution < 1.29 is 0 Å². The summed E-state index contributed by atoms with van der Waals surface area (Å²) in [6.45, 7) is 2.07. The van der Waals surface area contributed by atoms with E-state index in [1.807, 2.05) is 12.3 Å². The molecule has 1 nitrogen and oxygen atoms in total. The van der Waals surface area contributed by atoms with Gasteiger partial charge in [0.2, 0.25) is 0 Å². The maximum atomic E-state index is 4.03. The molecule has 0 fully saturated rings. The molecule has 0 aromatic carbocycles. The molecule has 0 N–H and O–H groups in total. The van der Waals surface area contributed by atoms with Crippen LogP contribution >= 0.6 is 31.9 Å². The Labute approximate surface area is 77.1 Å². The first kappa shape index (κ1) is 8.21. The molecule has 0 aliphatic rings. The molecule has 0 radical (unpaired) electrons. The topological polar surface area (TPSA) is 12.9 Å². The van der Waals surface area contributed by atoms with Crippen LogP contribution in [0.3, 0.4) is 0 Å². The first-order valence-electron chi connectivity index (χ1n) is 2.94. The lowest BCUT2D eigenvalue weighted by Gasteiger charge is -2.01. The van der Waals surface area contributed by atoms with E-state index in [9.17, 15) is 0 Å². The first-order chi connectivity index (χ1) is 4.70. The Bertz CT molecular complexity index is 223. The van der Waals surface area contributed by atoms with Crippen LogP contribution < -0.4 is 0 Å². The molecule has 0 aliphatic heterocycles. The first-order valence-corrected chi connectivity index (χ1v) is 4.65. The number of aromatic nitrogens is 1. The highest BCUT2D eigenvalue weighted by Crippen LogP contribution is 2.22. The van der Waals surface area contributed by atoms with E-state index in [2.05, 4.69) is 43.8 Å². The fourth-order valence-electron chi connectivity index (χ4n) is 0.646. The molecule has 1 atom stereocenters. The summed E-state index contributed by atoms with van der Waals surface area (Å²) in [5.74, 6) is 0. The molecular weight excluding hydrogens is 258 g/mol. The molecule has 1 aromatic heterocycles. The summed E-state index contributed by atoms with van der Waals surface area (Å²) in [5, 5.41) is 0. The van der Waals surface area contributed by atoms with Gasteiger partial charge in [-0.2, -0.15) is 0 Å². The molecule has 3 heteroatoms. The summed E-state index contributed by atoms with van der Waals surface area (Å²) >= 11 is 6.80. The molecule has 0 unspecified atom stereocenters. The number of hydrogen-bond donors (Lipinski definition) is 0. The van der Waals surface area contributed by atoms with Crippen molar-refractivity contribution in [1.29, 1.82) is 0 Å². The van der Waals surface area contributed by atoms with Crippen LogP contribution in [-0.2, 0) is 0 Å². The second kappa shape index (κ2) is 3.49. The number of hydrogen-bond acceptors (Lipinski definition) is 1. The number of alkyl halides is 1. The summed E-state index contributed by atoms with van der Waals surface area (Å²) in [5.41, 5.74) is 1.19. The highest BCUT2D eigenvalue weighted by Gasteiger charge is 1.99. The van der Waals surface area contributed by atoms with Gasteiger partial charge in [-0.3, -0.25) is 4.98 Å². The van der Waals surface area contributed by atoms with E-state index in [0.717, 1.165) is 4.47 Å². The molecule has 0 spiro atoms. The normalized spacial score (nSPS) is 13.1. The Morgan fingerprint density at radius 1 is 1.50 bits per heavy atom. The number of nitrogens with zero attached hydrogens (tertiary/aromatic N) is 1. The van der Waals surface area contributed by atoms with E-state index in [-0.39, 0.29) is 0 Å². The molecule has 0 saturated carbocycles. The zero-order valence-corrected chi connectivity index (χ0v) is 8.68. The predicted molar refractivity (Wildman–Crippen MR) is 49.3 cm³/mol. The van der Waals surface area contributed by atoms with Gasteiger partial charge in [-0.25, -0.2) is 0 Å². The molecule has 54 valence electrons. The molecule has 1 heterocycles. The zero-order chi connectivity index (χ0) is 7.56. The van der Waals surface area contributed by atoms with Crippen molar-refractivity contribution in [2.75, 3.05) is 0 Å². The van der Waals surface area contributed by atoms with Crippen LogP contribution in [0.2, 0.25) is 0 Å². The van der Waals surface area contributed by atoms with Crippen molar-refractivity contribution in [3.8, 4) is 0 Å². The smallest absolute Gasteiger partial charge is 0.0410 e. The second-order valence-corrected chi connectivity index (χ2v) is 4.34. The van der Waals surface area contributed by atoms with Gasteiger partial charge in [0.15, 0.2) is 0 Å². The minimum absolute atomic E-state index is 0.373. The van der Waals surface area contributed by atoms with Crippen molar-refractivity contribution in [3.05, 3.63) is 28.5 Å². The maximum Gasteiger partial charge on any atom is 0.0410 e. The van der Waals surface area contributed by atoms with Gasteiger partial charge < -0.3 is 0 Å². The van der Waals surface area contributed by atoms with E-state index in [1.54, 1.807) is 6.20 Å². The summed E-state index contributed by atoms with van der Waals surface area (Å²) in [7, 11) is 0. The Morgan fingerprint density at radius 3 is 2.60 bits per heavy atom. The largest absolute Gasteiger partial charge is 0.263 e. The Morgan fingerprint density at radius 2 is 2.20 bits per heavy atom. The SMILES string of the molecule is C[C@@H](Br)c1cncc(Br)c1. The van der Waals surface area contributed by atoms with Crippen LogP contribution in [0, 0.1) is 0 Å². The van der Waals surface area contributed by atoms with Gasteiger partial charge in [-0.1, -0.05) is 15.9 Å². The van der Waals surface area contributed by atoms with Crippen molar-refractivity contribution in [3.63, 3.8) is 0 Å². The molecular formula is C7H7Br2N. The van der Waals surface area contributed by atoms with Crippen LogP contribution in [0.1, 0.15) is 17.3 Å². The number of halogens is 2. The Balaban J connectivity index is 2.96. The van der Waals surface area contributed by atoms with E-state index in [4.69, 9.17) is 0 Å². The minimum Gasteiger partial charge on any atom is -0.263 e. The lowest BCUT2D eigenvalue weighted by Crippen LogP contribution is -1.84.